The number of unbranched alkanes of at least 4 members (excludes halogenated alkanes) is 1. The number of carbonyl (C=O) groups is 2. The lowest BCUT2D eigenvalue weighted by molar-refractivity contribution is -0.141. The molecule has 2 aromatic carbocycles. The van der Waals surface area contributed by atoms with E-state index in [1.54, 1.807) is 35.9 Å². The van der Waals surface area contributed by atoms with Gasteiger partial charge in [0, 0.05) is 12.6 Å². The molecule has 0 bridgehead atoms. The number of hydrogen-bond donors (Lipinski definition) is 1. The quantitative estimate of drug-likeness (QED) is 0.435. The number of fused-ring (bicyclic) bond motifs is 1. The van der Waals surface area contributed by atoms with E-state index in [-0.39, 0.29) is 24.4 Å². The fourth-order valence-corrected chi connectivity index (χ4v) is 4.83. The largest absolute Gasteiger partial charge is 0.493 e. The van der Waals surface area contributed by atoms with Crippen LogP contribution in [0.4, 0.5) is 0 Å². The molecular formula is C27H35N5O4. The van der Waals surface area contributed by atoms with Crippen molar-refractivity contribution in [1.29, 1.82) is 0 Å². The lowest BCUT2D eigenvalue weighted by Gasteiger charge is -2.32. The molecule has 0 aliphatic heterocycles. The van der Waals surface area contributed by atoms with E-state index in [1.807, 2.05) is 30.3 Å². The Labute approximate surface area is 211 Å². The molecule has 9 nitrogen and oxygen atoms in total. The first-order valence-corrected chi connectivity index (χ1v) is 12.7. The van der Waals surface area contributed by atoms with Gasteiger partial charge in [0.1, 0.15) is 18.1 Å². The highest BCUT2D eigenvalue weighted by molar-refractivity contribution is 5.89. The number of nitrogens with one attached hydrogen (secondary N) is 1. The van der Waals surface area contributed by atoms with E-state index in [9.17, 15) is 9.59 Å². The zero-order chi connectivity index (χ0) is 25.5. The van der Waals surface area contributed by atoms with E-state index in [0.717, 1.165) is 49.6 Å². The Morgan fingerprint density at radius 2 is 1.86 bits per heavy atom. The van der Waals surface area contributed by atoms with Gasteiger partial charge in [-0.3, -0.25) is 9.59 Å². The minimum absolute atomic E-state index is 0.00920. The van der Waals surface area contributed by atoms with Gasteiger partial charge in [0.05, 0.1) is 19.7 Å². The molecule has 192 valence electrons. The molecule has 36 heavy (non-hydrogen) atoms. The first-order chi connectivity index (χ1) is 17.5. The Kier molecular flexibility index (Phi) is 8.40. The summed E-state index contributed by atoms with van der Waals surface area (Å²) in [5.74, 6) is 0.707. The molecule has 4 rings (SSSR count). The van der Waals surface area contributed by atoms with E-state index in [2.05, 4.69) is 22.6 Å². The van der Waals surface area contributed by atoms with Gasteiger partial charge in [-0.1, -0.05) is 49.6 Å². The van der Waals surface area contributed by atoms with Gasteiger partial charge in [-0.05, 0) is 49.1 Å². The molecule has 1 fully saturated rings. The molecule has 1 aliphatic rings. The first kappa shape index (κ1) is 25.5. The van der Waals surface area contributed by atoms with Gasteiger partial charge in [0.2, 0.25) is 11.8 Å². The second kappa shape index (κ2) is 11.9. The Morgan fingerprint density at radius 1 is 1.11 bits per heavy atom. The van der Waals surface area contributed by atoms with Crippen LogP contribution in [-0.2, 0) is 16.1 Å². The number of hydrogen-bond acceptors (Lipinski definition) is 6. The van der Waals surface area contributed by atoms with Crippen molar-refractivity contribution in [1.82, 2.24) is 25.2 Å². The Morgan fingerprint density at radius 3 is 2.58 bits per heavy atom. The molecular weight excluding hydrogens is 458 g/mol. The van der Waals surface area contributed by atoms with Crippen LogP contribution in [-0.4, -0.2) is 58.5 Å². The Balaban J connectivity index is 1.70. The SMILES string of the molecule is CCCCN(C(=O)Cn1nnc2ccccc21)[C@H](C(=O)NC1CCCC1)c1ccc(OC)c(OC)c1. The van der Waals surface area contributed by atoms with Crippen molar-refractivity contribution in [2.45, 2.75) is 64.1 Å². The van der Waals surface area contributed by atoms with Crippen molar-refractivity contribution >= 4 is 22.8 Å². The van der Waals surface area contributed by atoms with Crippen molar-refractivity contribution in [3.63, 3.8) is 0 Å². The normalized spacial score (nSPS) is 14.5. The number of methoxy groups -OCH3 is 2. The minimum Gasteiger partial charge on any atom is -0.493 e. The van der Waals surface area contributed by atoms with Gasteiger partial charge in [-0.15, -0.1) is 5.10 Å². The molecule has 9 heteroatoms. The monoisotopic (exact) mass is 493 g/mol. The highest BCUT2D eigenvalue weighted by atomic mass is 16.5. The lowest BCUT2D eigenvalue weighted by Crippen LogP contribution is -2.47. The third-order valence-corrected chi connectivity index (χ3v) is 6.76. The molecule has 0 radical (unpaired) electrons. The maximum absolute atomic E-state index is 13.8. The summed E-state index contributed by atoms with van der Waals surface area (Å²) >= 11 is 0. The van der Waals surface area contributed by atoms with Crippen LogP contribution in [0, 0.1) is 0 Å². The fraction of sp³-hybridized carbons (Fsp3) is 0.481. The molecule has 0 unspecified atom stereocenters. The van der Waals surface area contributed by atoms with E-state index in [4.69, 9.17) is 9.47 Å². The highest BCUT2D eigenvalue weighted by Gasteiger charge is 2.33. The molecule has 1 aromatic heterocycles. The van der Waals surface area contributed by atoms with E-state index in [0.29, 0.717) is 23.6 Å². The molecule has 1 N–H and O–H groups in total. The number of aromatic nitrogens is 3. The van der Waals surface area contributed by atoms with Gasteiger partial charge < -0.3 is 19.7 Å². The average Bonchev–Trinajstić information content (AvgIpc) is 3.56. The maximum Gasteiger partial charge on any atom is 0.247 e. The van der Waals surface area contributed by atoms with E-state index in [1.165, 1.54) is 0 Å². The summed E-state index contributed by atoms with van der Waals surface area (Å²) in [6.45, 7) is 2.50. The summed E-state index contributed by atoms with van der Waals surface area (Å²) in [7, 11) is 3.13. The van der Waals surface area contributed by atoms with Gasteiger partial charge in [-0.2, -0.15) is 0 Å². The third kappa shape index (κ3) is 5.61. The summed E-state index contributed by atoms with van der Waals surface area (Å²) in [6.07, 6.45) is 5.77. The van der Waals surface area contributed by atoms with Crippen LogP contribution < -0.4 is 14.8 Å². The number of rotatable bonds is 11. The number of benzene rings is 2. The molecule has 3 aromatic rings. The van der Waals surface area contributed by atoms with Crippen LogP contribution in [0.2, 0.25) is 0 Å². The van der Waals surface area contributed by atoms with Crippen molar-refractivity contribution in [2.24, 2.45) is 0 Å². The second-order valence-electron chi connectivity index (χ2n) is 9.18. The van der Waals surface area contributed by atoms with Crippen molar-refractivity contribution < 1.29 is 19.1 Å². The Bertz CT molecular complexity index is 1190. The lowest BCUT2D eigenvalue weighted by atomic mass is 10.0. The van der Waals surface area contributed by atoms with Crippen LogP contribution in [0.5, 0.6) is 11.5 Å². The number of carbonyl (C=O) groups excluding carboxylic acids is 2. The van der Waals surface area contributed by atoms with Gasteiger partial charge in [-0.25, -0.2) is 4.68 Å². The number of amides is 2. The molecule has 2 amide bonds. The number of para-hydroxylation sites is 1. The molecule has 1 saturated carbocycles. The number of ether oxygens (including phenoxy) is 2. The van der Waals surface area contributed by atoms with Gasteiger partial charge in [0.25, 0.3) is 0 Å². The summed E-state index contributed by atoms with van der Waals surface area (Å²) < 4.78 is 12.5. The van der Waals surface area contributed by atoms with E-state index >= 15 is 0 Å². The van der Waals surface area contributed by atoms with Crippen LogP contribution in [0.25, 0.3) is 11.0 Å². The molecule has 1 atom stereocenters. The molecule has 1 heterocycles. The van der Waals surface area contributed by atoms with Gasteiger partial charge >= 0.3 is 0 Å². The van der Waals surface area contributed by atoms with Crippen molar-refractivity contribution in [3.05, 3.63) is 48.0 Å². The topological polar surface area (TPSA) is 98.6 Å². The van der Waals surface area contributed by atoms with Gasteiger partial charge in [0.15, 0.2) is 11.5 Å². The van der Waals surface area contributed by atoms with Crippen LogP contribution >= 0.6 is 0 Å². The smallest absolute Gasteiger partial charge is 0.247 e. The van der Waals surface area contributed by atoms with Crippen LogP contribution in [0.15, 0.2) is 42.5 Å². The van der Waals surface area contributed by atoms with Crippen molar-refractivity contribution in [2.75, 3.05) is 20.8 Å². The minimum atomic E-state index is -0.806. The number of nitrogens with zero attached hydrogens (tertiary/aromatic N) is 4. The van der Waals surface area contributed by atoms with E-state index < -0.39 is 6.04 Å². The molecule has 1 aliphatic carbocycles. The zero-order valence-electron chi connectivity index (χ0n) is 21.3. The van der Waals surface area contributed by atoms with Crippen molar-refractivity contribution in [3.8, 4) is 11.5 Å². The fourth-order valence-electron chi connectivity index (χ4n) is 4.83. The second-order valence-corrected chi connectivity index (χ2v) is 9.18. The van der Waals surface area contributed by atoms with Crippen LogP contribution in [0.3, 0.4) is 0 Å². The predicted octanol–water partition coefficient (Wildman–Crippen LogP) is 3.88. The third-order valence-electron chi connectivity index (χ3n) is 6.76. The maximum atomic E-state index is 13.8. The Hall–Kier alpha value is -3.62. The predicted molar refractivity (Wildman–Crippen MR) is 137 cm³/mol. The molecule has 0 spiro atoms. The van der Waals surface area contributed by atoms with Crippen LogP contribution in [0.1, 0.15) is 57.1 Å². The summed E-state index contributed by atoms with van der Waals surface area (Å²) in [5.41, 5.74) is 2.18. The standard InChI is InChI=1S/C27H35N5O4/c1-4-5-16-31(25(33)18-32-22-13-9-8-12-21(22)29-30-32)26(27(34)28-20-10-6-7-11-20)19-14-15-23(35-2)24(17-19)36-3/h8-9,12-15,17,20,26H,4-7,10-11,16,18H2,1-3H3,(H,28,34)/t26-/m0/s1. The first-order valence-electron chi connectivity index (χ1n) is 12.7. The zero-order valence-corrected chi connectivity index (χ0v) is 21.3. The molecule has 0 saturated heterocycles. The summed E-state index contributed by atoms with van der Waals surface area (Å²) in [4.78, 5) is 29.2. The summed E-state index contributed by atoms with van der Waals surface area (Å²) in [6, 6.07) is 12.2. The highest BCUT2D eigenvalue weighted by Crippen LogP contribution is 2.33. The summed E-state index contributed by atoms with van der Waals surface area (Å²) in [5, 5.41) is 11.6. The average molecular weight is 494 g/mol.